The molecule has 0 aliphatic carbocycles. The van der Waals surface area contributed by atoms with Crippen LogP contribution in [-0.4, -0.2) is 23.8 Å². The molecule has 0 spiro atoms. The highest BCUT2D eigenvalue weighted by Gasteiger charge is 2.01. The van der Waals surface area contributed by atoms with E-state index in [1.54, 1.807) is 61.9 Å². The Bertz CT molecular complexity index is 649. The lowest BCUT2D eigenvalue weighted by Gasteiger charge is -2.01. The van der Waals surface area contributed by atoms with Crippen LogP contribution in [0.1, 0.15) is 15.9 Å². The lowest BCUT2D eigenvalue weighted by molar-refractivity contribution is -0.111. The van der Waals surface area contributed by atoms with Gasteiger partial charge in [-0.3, -0.25) is 14.6 Å². The van der Waals surface area contributed by atoms with E-state index in [0.717, 1.165) is 5.56 Å². The average molecular weight is 281 g/mol. The maximum Gasteiger partial charge on any atom is 0.251 e. The van der Waals surface area contributed by atoms with Crippen molar-refractivity contribution in [2.75, 3.05) is 12.4 Å². The van der Waals surface area contributed by atoms with Gasteiger partial charge in [0.1, 0.15) is 0 Å². The van der Waals surface area contributed by atoms with Gasteiger partial charge in [0.15, 0.2) is 0 Å². The fourth-order valence-corrected chi connectivity index (χ4v) is 1.68. The molecule has 1 aromatic carbocycles. The molecular weight excluding hydrogens is 266 g/mol. The van der Waals surface area contributed by atoms with Gasteiger partial charge in [-0.2, -0.15) is 0 Å². The summed E-state index contributed by atoms with van der Waals surface area (Å²) in [4.78, 5) is 27.0. The summed E-state index contributed by atoms with van der Waals surface area (Å²) in [6, 6.07) is 10.4. The van der Waals surface area contributed by atoms with Gasteiger partial charge < -0.3 is 10.6 Å². The first-order valence-corrected chi connectivity index (χ1v) is 6.40. The highest BCUT2D eigenvalue weighted by atomic mass is 16.2. The zero-order valence-corrected chi connectivity index (χ0v) is 11.5. The molecule has 2 amide bonds. The van der Waals surface area contributed by atoms with Crippen LogP contribution < -0.4 is 10.6 Å². The van der Waals surface area contributed by atoms with Crippen molar-refractivity contribution in [3.05, 3.63) is 66.0 Å². The van der Waals surface area contributed by atoms with Crippen LogP contribution in [0.5, 0.6) is 0 Å². The number of rotatable bonds is 4. The zero-order chi connectivity index (χ0) is 15.1. The Morgan fingerprint density at radius 2 is 1.71 bits per heavy atom. The lowest BCUT2D eigenvalue weighted by Crippen LogP contribution is -2.17. The van der Waals surface area contributed by atoms with E-state index in [0.29, 0.717) is 11.3 Å². The number of hydrogen-bond donors (Lipinski definition) is 2. The van der Waals surface area contributed by atoms with E-state index in [1.807, 2.05) is 0 Å². The van der Waals surface area contributed by atoms with Crippen LogP contribution in [0, 0.1) is 0 Å². The molecule has 106 valence electrons. The molecule has 5 heteroatoms. The highest BCUT2D eigenvalue weighted by molar-refractivity contribution is 6.02. The minimum Gasteiger partial charge on any atom is -0.355 e. The normalized spacial score (nSPS) is 10.3. The Morgan fingerprint density at radius 3 is 2.33 bits per heavy atom. The van der Waals surface area contributed by atoms with E-state index in [9.17, 15) is 9.59 Å². The Labute approximate surface area is 122 Å². The second kappa shape index (κ2) is 7.00. The van der Waals surface area contributed by atoms with Gasteiger partial charge in [0, 0.05) is 36.8 Å². The smallest absolute Gasteiger partial charge is 0.251 e. The van der Waals surface area contributed by atoms with Crippen molar-refractivity contribution in [1.82, 2.24) is 10.3 Å². The second-order valence-corrected chi connectivity index (χ2v) is 4.26. The van der Waals surface area contributed by atoms with Crippen molar-refractivity contribution < 1.29 is 9.59 Å². The van der Waals surface area contributed by atoms with E-state index in [-0.39, 0.29) is 11.8 Å². The molecule has 0 saturated heterocycles. The summed E-state index contributed by atoms with van der Waals surface area (Å²) in [7, 11) is 1.58. The standard InChI is InChI=1S/C16H15N3O2/c1-17-16(21)13-5-2-12(3-6-13)4-7-15(20)19-14-8-10-18-11-9-14/h2-11H,1H3,(H,17,21)(H,18,19,20)/b7-4+. The number of aromatic nitrogens is 1. The third-order valence-corrected chi connectivity index (χ3v) is 2.77. The molecule has 0 aliphatic heterocycles. The number of nitrogens with one attached hydrogen (secondary N) is 2. The first kappa shape index (κ1) is 14.5. The zero-order valence-electron chi connectivity index (χ0n) is 11.5. The number of nitrogens with zero attached hydrogens (tertiary/aromatic N) is 1. The monoisotopic (exact) mass is 281 g/mol. The van der Waals surface area contributed by atoms with E-state index < -0.39 is 0 Å². The van der Waals surface area contributed by atoms with Gasteiger partial charge in [-0.15, -0.1) is 0 Å². The maximum atomic E-state index is 11.7. The fourth-order valence-electron chi connectivity index (χ4n) is 1.68. The van der Waals surface area contributed by atoms with E-state index in [2.05, 4.69) is 15.6 Å². The molecule has 0 atom stereocenters. The number of pyridine rings is 1. The van der Waals surface area contributed by atoms with Crippen molar-refractivity contribution in [2.24, 2.45) is 0 Å². The molecule has 21 heavy (non-hydrogen) atoms. The lowest BCUT2D eigenvalue weighted by atomic mass is 10.1. The SMILES string of the molecule is CNC(=O)c1ccc(/C=C/C(=O)Nc2ccncc2)cc1. The summed E-state index contributed by atoms with van der Waals surface area (Å²) in [6.45, 7) is 0. The molecule has 2 rings (SSSR count). The number of carbonyl (C=O) groups excluding carboxylic acids is 2. The van der Waals surface area contributed by atoms with Crippen molar-refractivity contribution in [2.45, 2.75) is 0 Å². The Morgan fingerprint density at radius 1 is 1.05 bits per heavy atom. The molecule has 0 bridgehead atoms. The molecule has 1 aromatic heterocycles. The van der Waals surface area contributed by atoms with Crippen LogP contribution >= 0.6 is 0 Å². The first-order valence-electron chi connectivity index (χ1n) is 6.40. The second-order valence-electron chi connectivity index (χ2n) is 4.26. The Hall–Kier alpha value is -2.95. The Kier molecular flexibility index (Phi) is 4.82. The number of carbonyl (C=O) groups is 2. The van der Waals surface area contributed by atoms with Crippen LogP contribution in [0.15, 0.2) is 54.9 Å². The van der Waals surface area contributed by atoms with Crippen LogP contribution in [0.4, 0.5) is 5.69 Å². The van der Waals surface area contributed by atoms with Crippen LogP contribution in [0.25, 0.3) is 6.08 Å². The van der Waals surface area contributed by atoms with Crippen molar-refractivity contribution >= 4 is 23.6 Å². The molecule has 2 N–H and O–H groups in total. The van der Waals surface area contributed by atoms with Crippen molar-refractivity contribution in [3.63, 3.8) is 0 Å². The highest BCUT2D eigenvalue weighted by Crippen LogP contribution is 2.07. The summed E-state index contributed by atoms with van der Waals surface area (Å²) in [5, 5.41) is 5.27. The van der Waals surface area contributed by atoms with Gasteiger partial charge in [0.2, 0.25) is 5.91 Å². The van der Waals surface area contributed by atoms with Crippen molar-refractivity contribution in [1.29, 1.82) is 0 Å². The van der Waals surface area contributed by atoms with Crippen molar-refractivity contribution in [3.8, 4) is 0 Å². The first-order chi connectivity index (χ1) is 10.2. The maximum absolute atomic E-state index is 11.7. The summed E-state index contributed by atoms with van der Waals surface area (Å²) < 4.78 is 0. The van der Waals surface area contributed by atoms with Gasteiger partial charge in [-0.1, -0.05) is 12.1 Å². The fraction of sp³-hybridized carbons (Fsp3) is 0.0625. The number of benzene rings is 1. The molecule has 1 heterocycles. The third kappa shape index (κ3) is 4.28. The van der Waals surface area contributed by atoms with E-state index in [1.165, 1.54) is 6.08 Å². The molecule has 0 radical (unpaired) electrons. The average Bonchev–Trinajstić information content (AvgIpc) is 2.53. The molecule has 0 fully saturated rings. The summed E-state index contributed by atoms with van der Waals surface area (Å²) in [6.07, 6.45) is 6.34. The van der Waals surface area contributed by atoms with E-state index >= 15 is 0 Å². The molecule has 5 nitrogen and oxygen atoms in total. The predicted octanol–water partition coefficient (Wildman–Crippen LogP) is 2.09. The van der Waals surface area contributed by atoms with Crippen LogP contribution in [-0.2, 0) is 4.79 Å². The largest absolute Gasteiger partial charge is 0.355 e. The van der Waals surface area contributed by atoms with Gasteiger partial charge in [-0.05, 0) is 35.9 Å². The van der Waals surface area contributed by atoms with Gasteiger partial charge in [0.25, 0.3) is 5.91 Å². The third-order valence-electron chi connectivity index (χ3n) is 2.77. The Balaban J connectivity index is 1.97. The summed E-state index contributed by atoms with van der Waals surface area (Å²) >= 11 is 0. The van der Waals surface area contributed by atoms with Gasteiger partial charge in [-0.25, -0.2) is 0 Å². The minimum atomic E-state index is -0.225. The number of anilines is 1. The van der Waals surface area contributed by atoms with Gasteiger partial charge in [0.05, 0.1) is 0 Å². The molecule has 0 aliphatic rings. The topological polar surface area (TPSA) is 71.1 Å². The van der Waals surface area contributed by atoms with E-state index in [4.69, 9.17) is 0 Å². The van der Waals surface area contributed by atoms with Crippen LogP contribution in [0.2, 0.25) is 0 Å². The molecule has 0 saturated carbocycles. The van der Waals surface area contributed by atoms with Gasteiger partial charge >= 0.3 is 0 Å². The summed E-state index contributed by atoms with van der Waals surface area (Å²) in [5.41, 5.74) is 2.11. The quantitative estimate of drug-likeness (QED) is 0.843. The molecule has 0 unspecified atom stereocenters. The van der Waals surface area contributed by atoms with Crippen LogP contribution in [0.3, 0.4) is 0 Å². The molecule has 2 aromatic rings. The molecular formula is C16H15N3O2. The predicted molar refractivity (Wildman–Crippen MR) is 81.7 cm³/mol. The number of hydrogen-bond acceptors (Lipinski definition) is 3. The minimum absolute atomic E-state index is 0.138. The number of amides is 2. The summed E-state index contributed by atoms with van der Waals surface area (Å²) in [5.74, 6) is -0.363.